The summed E-state index contributed by atoms with van der Waals surface area (Å²) < 4.78 is 0. The summed E-state index contributed by atoms with van der Waals surface area (Å²) in [6.45, 7) is 9.89. The Morgan fingerprint density at radius 1 is 0.958 bits per heavy atom. The van der Waals surface area contributed by atoms with Crippen molar-refractivity contribution in [1.29, 1.82) is 0 Å². The van der Waals surface area contributed by atoms with Crippen molar-refractivity contribution in [3.05, 3.63) is 59.6 Å². The van der Waals surface area contributed by atoms with Crippen LogP contribution in [0.4, 0.5) is 0 Å². The molecule has 2 N–H and O–H groups in total. The zero-order valence-electron chi connectivity index (χ0n) is 16.2. The van der Waals surface area contributed by atoms with Crippen molar-refractivity contribution >= 4 is 0 Å². The molecule has 0 spiro atoms. The van der Waals surface area contributed by atoms with E-state index in [1.165, 1.54) is 51.0 Å². The first kappa shape index (κ1) is 22.3. The van der Waals surface area contributed by atoms with Crippen LogP contribution >= 0.6 is 0 Å². The molecule has 0 atom stereocenters. The monoisotopic (exact) mass is 332 g/mol. The van der Waals surface area contributed by atoms with Crippen molar-refractivity contribution in [3.8, 4) is 0 Å². The van der Waals surface area contributed by atoms with E-state index in [-0.39, 0.29) is 5.76 Å². The van der Waals surface area contributed by atoms with Crippen LogP contribution in [0.2, 0.25) is 0 Å². The van der Waals surface area contributed by atoms with Crippen LogP contribution in [0.25, 0.3) is 0 Å². The van der Waals surface area contributed by atoms with Gasteiger partial charge in [-0.2, -0.15) is 0 Å². The molecule has 1 aromatic rings. The van der Waals surface area contributed by atoms with Gasteiger partial charge < -0.3 is 10.2 Å². The fourth-order valence-electron chi connectivity index (χ4n) is 3.28. The highest BCUT2D eigenvalue weighted by molar-refractivity contribution is 5.35. The van der Waals surface area contributed by atoms with Crippen molar-refractivity contribution < 1.29 is 10.2 Å². The minimum atomic E-state index is -0.0648. The van der Waals surface area contributed by atoms with Gasteiger partial charge in [-0.1, -0.05) is 81.5 Å². The Bertz CT molecular complexity index is 474. The largest absolute Gasteiger partial charge is 0.512 e. The predicted molar refractivity (Wildman–Crippen MR) is 106 cm³/mol. The Morgan fingerprint density at radius 2 is 1.42 bits per heavy atom. The third kappa shape index (κ3) is 6.82. The van der Waals surface area contributed by atoms with Gasteiger partial charge in [-0.25, -0.2) is 0 Å². The van der Waals surface area contributed by atoms with Crippen LogP contribution < -0.4 is 0 Å². The van der Waals surface area contributed by atoms with Gasteiger partial charge >= 0.3 is 0 Å². The highest BCUT2D eigenvalue weighted by Crippen LogP contribution is 2.43. The molecule has 1 aliphatic rings. The molecule has 0 saturated heterocycles. The second-order valence-electron chi connectivity index (χ2n) is 6.10. The molecule has 2 nitrogen and oxygen atoms in total. The lowest BCUT2D eigenvalue weighted by Crippen LogP contribution is -2.27. The predicted octanol–water partition coefficient (Wildman–Crippen LogP) is 7.23. The molecule has 0 heterocycles. The molecule has 1 aliphatic carbocycles. The molecule has 0 bridgehead atoms. The van der Waals surface area contributed by atoms with Gasteiger partial charge in [-0.15, -0.1) is 0 Å². The van der Waals surface area contributed by atoms with Crippen LogP contribution in [0.5, 0.6) is 0 Å². The maximum atomic E-state index is 7.97. The Kier molecular flexibility index (Phi) is 11.8. The summed E-state index contributed by atoms with van der Waals surface area (Å²) >= 11 is 0. The first-order valence-corrected chi connectivity index (χ1v) is 9.25. The smallest absolute Gasteiger partial charge is 0.123 e. The lowest BCUT2D eigenvalue weighted by atomic mass is 9.69. The maximum Gasteiger partial charge on any atom is 0.123 e. The standard InChI is InChI=1S/C17H24.C3H6O2.C2H6/c1-3-15(2)17(13-9-4-5-10-14-17)16-11-7-6-8-12-16;1-3(5)2-4;1-2/h3,6-8,11-12H,4-5,9-10,13-14H2,1-2H3;2,4-5H,1H3;1-2H3/b15-3+;3-2-;. The Hall–Kier alpha value is -1.70. The van der Waals surface area contributed by atoms with Gasteiger partial charge in [-0.3, -0.25) is 0 Å². The molecule has 136 valence electrons. The number of hydrogen-bond acceptors (Lipinski definition) is 2. The average molecular weight is 333 g/mol. The molecule has 0 aromatic heterocycles. The van der Waals surface area contributed by atoms with Crippen LogP contribution in [-0.2, 0) is 5.41 Å². The molecule has 24 heavy (non-hydrogen) atoms. The summed E-state index contributed by atoms with van der Waals surface area (Å²) in [5.41, 5.74) is 3.41. The second-order valence-corrected chi connectivity index (χ2v) is 6.10. The van der Waals surface area contributed by atoms with Crippen LogP contribution in [0.1, 0.15) is 78.7 Å². The zero-order valence-corrected chi connectivity index (χ0v) is 16.2. The van der Waals surface area contributed by atoms with E-state index in [9.17, 15) is 0 Å². The number of hydrogen-bond donors (Lipinski definition) is 2. The van der Waals surface area contributed by atoms with Crippen molar-refractivity contribution in [1.82, 2.24) is 0 Å². The molecule has 1 aromatic carbocycles. The normalized spacial score (nSPS) is 17.5. The summed E-state index contributed by atoms with van der Waals surface area (Å²) in [7, 11) is 0. The molecule has 0 amide bonds. The van der Waals surface area contributed by atoms with Crippen LogP contribution in [0.15, 0.2) is 54.0 Å². The van der Waals surface area contributed by atoms with E-state index < -0.39 is 0 Å². The number of allylic oxidation sites excluding steroid dienone is 3. The zero-order chi connectivity index (χ0) is 18.4. The fraction of sp³-hybridized carbons (Fsp3) is 0.545. The van der Waals surface area contributed by atoms with E-state index in [4.69, 9.17) is 10.2 Å². The third-order valence-corrected chi connectivity index (χ3v) is 4.66. The molecular formula is C22H36O2. The van der Waals surface area contributed by atoms with Crippen molar-refractivity contribution in [2.45, 2.75) is 78.6 Å². The quantitative estimate of drug-likeness (QED) is 0.340. The van der Waals surface area contributed by atoms with Gasteiger partial charge in [0.05, 0.1) is 0 Å². The highest BCUT2D eigenvalue weighted by Gasteiger charge is 2.33. The molecule has 1 fully saturated rings. The van der Waals surface area contributed by atoms with Gasteiger partial charge in [0, 0.05) is 5.41 Å². The molecular weight excluding hydrogens is 296 g/mol. The Balaban J connectivity index is 0.000000650. The number of aliphatic hydroxyl groups is 2. The molecule has 2 rings (SSSR count). The SMILES string of the molecule is C/C(O)=C/O.C/C=C(\C)C1(c2ccccc2)CCCCCC1.CC. The number of aliphatic hydroxyl groups excluding tert-OH is 2. The molecule has 1 saturated carbocycles. The third-order valence-electron chi connectivity index (χ3n) is 4.66. The number of rotatable bonds is 2. The topological polar surface area (TPSA) is 40.5 Å². The molecule has 0 radical (unpaired) electrons. The van der Waals surface area contributed by atoms with Crippen LogP contribution in [-0.4, -0.2) is 10.2 Å². The van der Waals surface area contributed by atoms with Crippen LogP contribution in [0.3, 0.4) is 0 Å². The summed E-state index contributed by atoms with van der Waals surface area (Å²) in [5, 5.41) is 15.7. The number of benzene rings is 1. The molecule has 0 aliphatic heterocycles. The lowest BCUT2D eigenvalue weighted by molar-refractivity contribution is 0.363. The van der Waals surface area contributed by atoms with Crippen LogP contribution in [0, 0.1) is 0 Å². The minimum Gasteiger partial charge on any atom is -0.512 e. The average Bonchev–Trinajstić information content (AvgIpc) is 2.91. The van der Waals surface area contributed by atoms with Gasteiger partial charge in [0.1, 0.15) is 12.0 Å². The van der Waals surface area contributed by atoms with Gasteiger partial charge in [0.25, 0.3) is 0 Å². The highest BCUT2D eigenvalue weighted by atomic mass is 16.3. The van der Waals surface area contributed by atoms with E-state index in [1.807, 2.05) is 13.8 Å². The van der Waals surface area contributed by atoms with Crippen molar-refractivity contribution in [2.24, 2.45) is 0 Å². The van der Waals surface area contributed by atoms with Gasteiger partial charge in [0.2, 0.25) is 0 Å². The first-order chi connectivity index (χ1) is 11.6. The summed E-state index contributed by atoms with van der Waals surface area (Å²) in [6, 6.07) is 11.1. The van der Waals surface area contributed by atoms with Crippen molar-refractivity contribution in [2.75, 3.05) is 0 Å². The fourth-order valence-corrected chi connectivity index (χ4v) is 3.28. The van der Waals surface area contributed by atoms with E-state index in [2.05, 4.69) is 50.3 Å². The van der Waals surface area contributed by atoms with E-state index in [0.29, 0.717) is 11.7 Å². The van der Waals surface area contributed by atoms with E-state index >= 15 is 0 Å². The Morgan fingerprint density at radius 3 is 1.79 bits per heavy atom. The van der Waals surface area contributed by atoms with Gasteiger partial charge in [-0.05, 0) is 39.2 Å². The maximum absolute atomic E-state index is 7.97. The first-order valence-electron chi connectivity index (χ1n) is 9.25. The lowest BCUT2D eigenvalue weighted by Gasteiger charge is -2.35. The summed E-state index contributed by atoms with van der Waals surface area (Å²) in [5.74, 6) is -0.0648. The second kappa shape index (κ2) is 12.7. The summed E-state index contributed by atoms with van der Waals surface area (Å²) in [4.78, 5) is 0. The molecule has 2 heteroatoms. The van der Waals surface area contributed by atoms with Gasteiger partial charge in [0.15, 0.2) is 0 Å². The summed E-state index contributed by atoms with van der Waals surface area (Å²) in [6.07, 6.45) is 11.2. The van der Waals surface area contributed by atoms with E-state index in [0.717, 1.165) is 0 Å². The minimum absolute atomic E-state index is 0.0648. The van der Waals surface area contributed by atoms with Crippen molar-refractivity contribution in [3.63, 3.8) is 0 Å². The Labute approximate surface area is 148 Å². The molecule has 0 unspecified atom stereocenters. The van der Waals surface area contributed by atoms with E-state index in [1.54, 1.807) is 5.57 Å².